The third-order valence-electron chi connectivity index (χ3n) is 13.3. The molecule has 0 radical (unpaired) electrons. The van der Waals surface area contributed by atoms with Crippen LogP contribution in [0.4, 0.5) is 0 Å². The molecule has 6 aliphatic carbocycles. The van der Waals surface area contributed by atoms with Crippen LogP contribution >= 0.6 is 0 Å². The van der Waals surface area contributed by atoms with Gasteiger partial charge < -0.3 is 41.1 Å². The number of rotatable bonds is 6. The maximum Gasteiger partial charge on any atom is 0.176 e. The number of fused-ring (bicyclic) bond motifs is 3. The van der Waals surface area contributed by atoms with Gasteiger partial charge in [0.05, 0.1) is 30.1 Å². The largest absolute Gasteiger partial charge is 0.392 e. The van der Waals surface area contributed by atoms with Crippen molar-refractivity contribution in [3.8, 4) is 0 Å². The number of hydrogen-bond donors (Lipinski definition) is 8. The summed E-state index contributed by atoms with van der Waals surface area (Å²) in [6.07, 6.45) is 4.40. The van der Waals surface area contributed by atoms with Crippen LogP contribution in [-0.4, -0.2) is 97.8 Å². The average molecular weight is 623 g/mol. The topological polar surface area (TPSA) is 203 Å². The fourth-order valence-corrected chi connectivity index (χ4v) is 10.9. The number of aliphatic hydroxyl groups is 6. The van der Waals surface area contributed by atoms with Crippen molar-refractivity contribution in [2.75, 3.05) is 7.11 Å². The number of Topliss-reactive ketones (excluding diaryl/α,β-unsaturated/α-hetero) is 2. The smallest absolute Gasteiger partial charge is 0.176 e. The van der Waals surface area contributed by atoms with Gasteiger partial charge in [-0.1, -0.05) is 0 Å². The van der Waals surface area contributed by atoms with Gasteiger partial charge in [0.2, 0.25) is 0 Å². The van der Waals surface area contributed by atoms with Crippen LogP contribution in [0.25, 0.3) is 0 Å². The van der Waals surface area contributed by atoms with Crippen molar-refractivity contribution in [3.05, 3.63) is 0 Å². The molecule has 0 aromatic heterocycles. The molecule has 0 aliphatic heterocycles. The molecule has 6 aliphatic rings. The van der Waals surface area contributed by atoms with Gasteiger partial charge in [-0.3, -0.25) is 14.9 Å². The number of ether oxygens (including phenoxy) is 1. The van der Waals surface area contributed by atoms with E-state index in [1.54, 1.807) is 7.11 Å². The Hall–Kier alpha value is -1.02. The van der Waals surface area contributed by atoms with Crippen molar-refractivity contribution < 1.29 is 45.0 Å². The second kappa shape index (κ2) is 12.9. The van der Waals surface area contributed by atoms with Crippen LogP contribution in [0.1, 0.15) is 83.5 Å². The first kappa shape index (κ1) is 32.9. The molecule has 6 saturated carbocycles. The molecular formula is C33H54N2O9. The van der Waals surface area contributed by atoms with E-state index in [1.807, 2.05) is 0 Å². The summed E-state index contributed by atoms with van der Waals surface area (Å²) in [5.74, 6) is -4.38. The van der Waals surface area contributed by atoms with E-state index in [4.69, 9.17) is 10.5 Å². The maximum atomic E-state index is 14.1. The Balaban J connectivity index is 1.12. The molecule has 11 heteroatoms. The number of nitrogens with two attached hydrogens (primary N) is 1. The van der Waals surface area contributed by atoms with E-state index in [0.717, 1.165) is 57.8 Å². The van der Waals surface area contributed by atoms with Crippen LogP contribution in [0.5, 0.6) is 0 Å². The van der Waals surface area contributed by atoms with Crippen LogP contribution < -0.4 is 11.1 Å². The summed E-state index contributed by atoms with van der Waals surface area (Å²) in [6.45, 7) is 0. The molecule has 44 heavy (non-hydrogen) atoms. The Bertz CT molecular complexity index is 1040. The van der Waals surface area contributed by atoms with E-state index in [9.17, 15) is 40.2 Å². The van der Waals surface area contributed by atoms with E-state index in [-0.39, 0.29) is 41.9 Å². The third-order valence-corrected chi connectivity index (χ3v) is 13.3. The lowest BCUT2D eigenvalue weighted by molar-refractivity contribution is -0.221. The summed E-state index contributed by atoms with van der Waals surface area (Å²) < 4.78 is 5.47. The third kappa shape index (κ3) is 5.62. The van der Waals surface area contributed by atoms with Gasteiger partial charge in [-0.25, -0.2) is 0 Å². The number of ketones is 2. The quantitative estimate of drug-likeness (QED) is 0.188. The SMILES string of the molecule is COC1CCC(C(O)NC2CCC(C3CCC(O)C4C(=O)C5C(O)[C@]6(O)C(=O)C(C(N)O)C(O)C[C@@H]6C[C@@H]5CC34)CC2)CC1. The minimum atomic E-state index is -2.27. The molecule has 10 unspecified atom stereocenters. The normalized spacial score (nSPS) is 51.1. The lowest BCUT2D eigenvalue weighted by Gasteiger charge is -2.58. The fourth-order valence-electron chi connectivity index (χ4n) is 10.9. The van der Waals surface area contributed by atoms with Crippen LogP contribution in [0.2, 0.25) is 0 Å². The second-order valence-electron chi connectivity index (χ2n) is 15.3. The molecule has 6 rings (SSSR count). The van der Waals surface area contributed by atoms with Crippen molar-refractivity contribution >= 4 is 11.6 Å². The molecule has 11 nitrogen and oxygen atoms in total. The monoisotopic (exact) mass is 622 g/mol. The Morgan fingerprint density at radius 1 is 0.818 bits per heavy atom. The molecule has 0 heterocycles. The summed E-state index contributed by atoms with van der Waals surface area (Å²) >= 11 is 0. The predicted molar refractivity (Wildman–Crippen MR) is 158 cm³/mol. The highest BCUT2D eigenvalue weighted by Gasteiger charge is 2.67. The summed E-state index contributed by atoms with van der Waals surface area (Å²) in [5, 5.41) is 69.2. The number of aliphatic hydroxyl groups excluding tert-OH is 5. The second-order valence-corrected chi connectivity index (χ2v) is 15.3. The van der Waals surface area contributed by atoms with E-state index in [1.165, 1.54) is 0 Å². The Labute approximate surface area is 259 Å². The highest BCUT2D eigenvalue weighted by atomic mass is 16.5. The summed E-state index contributed by atoms with van der Waals surface area (Å²) in [7, 11) is 1.75. The van der Waals surface area contributed by atoms with Crippen LogP contribution in [0.15, 0.2) is 0 Å². The van der Waals surface area contributed by atoms with Gasteiger partial charge in [0.15, 0.2) is 11.4 Å². The van der Waals surface area contributed by atoms with Crippen molar-refractivity contribution in [2.45, 2.75) is 132 Å². The molecule has 0 spiro atoms. The molecular weight excluding hydrogens is 568 g/mol. The van der Waals surface area contributed by atoms with E-state index in [2.05, 4.69) is 5.32 Å². The van der Waals surface area contributed by atoms with Gasteiger partial charge in [0.1, 0.15) is 24.3 Å². The van der Waals surface area contributed by atoms with E-state index in [0.29, 0.717) is 31.3 Å². The Kier molecular flexibility index (Phi) is 9.63. The number of carbonyl (C=O) groups excluding carboxylic acids is 2. The lowest BCUT2D eigenvalue weighted by Crippen LogP contribution is -2.72. The summed E-state index contributed by atoms with van der Waals surface area (Å²) in [5.41, 5.74) is 3.29. The van der Waals surface area contributed by atoms with Gasteiger partial charge >= 0.3 is 0 Å². The molecule has 0 amide bonds. The fraction of sp³-hybridized carbons (Fsp3) is 0.939. The van der Waals surface area contributed by atoms with Gasteiger partial charge in [-0.15, -0.1) is 0 Å². The zero-order chi connectivity index (χ0) is 31.5. The van der Waals surface area contributed by atoms with Crippen molar-refractivity contribution in [1.29, 1.82) is 0 Å². The minimum absolute atomic E-state index is 0.00642. The summed E-state index contributed by atoms with van der Waals surface area (Å²) in [4.78, 5) is 27.4. The van der Waals surface area contributed by atoms with Crippen molar-refractivity contribution in [2.24, 2.45) is 59.0 Å². The Morgan fingerprint density at radius 3 is 2.14 bits per heavy atom. The van der Waals surface area contributed by atoms with Crippen LogP contribution in [0.3, 0.4) is 0 Å². The predicted octanol–water partition coefficient (Wildman–Crippen LogP) is 0.206. The molecule has 9 N–H and O–H groups in total. The van der Waals surface area contributed by atoms with Crippen LogP contribution in [-0.2, 0) is 14.3 Å². The maximum absolute atomic E-state index is 14.1. The van der Waals surface area contributed by atoms with Gasteiger partial charge in [0, 0.05) is 25.0 Å². The first-order valence-electron chi connectivity index (χ1n) is 17.2. The Morgan fingerprint density at radius 2 is 1.50 bits per heavy atom. The molecule has 0 aromatic rings. The molecule has 250 valence electrons. The number of hydrogen-bond acceptors (Lipinski definition) is 11. The molecule has 0 saturated heterocycles. The molecule has 0 aromatic carbocycles. The zero-order valence-electron chi connectivity index (χ0n) is 25.9. The number of carbonyl (C=O) groups is 2. The van der Waals surface area contributed by atoms with E-state index >= 15 is 0 Å². The lowest BCUT2D eigenvalue weighted by atomic mass is 9.48. The summed E-state index contributed by atoms with van der Waals surface area (Å²) in [6, 6.07) is 0.251. The number of nitrogens with one attached hydrogen (secondary N) is 1. The van der Waals surface area contributed by atoms with Gasteiger partial charge in [-0.05, 0) is 113 Å². The first-order valence-corrected chi connectivity index (χ1v) is 17.2. The molecule has 6 fully saturated rings. The van der Waals surface area contributed by atoms with Gasteiger partial charge in [0.25, 0.3) is 0 Å². The first-order chi connectivity index (χ1) is 20.9. The van der Waals surface area contributed by atoms with Crippen molar-refractivity contribution in [3.63, 3.8) is 0 Å². The van der Waals surface area contributed by atoms with Gasteiger partial charge in [-0.2, -0.15) is 0 Å². The van der Waals surface area contributed by atoms with Crippen molar-refractivity contribution in [1.82, 2.24) is 5.32 Å². The average Bonchev–Trinajstić information content (AvgIpc) is 2.99. The van der Waals surface area contributed by atoms with E-state index < -0.39 is 65.8 Å². The zero-order valence-corrected chi connectivity index (χ0v) is 25.9. The standard InChI is InChI=1S/C33H54N2O9/c1-44-20-8-4-16(5-9-20)32(42)35-19-6-2-15(3-7-19)21-10-11-23(36)26-22(21)13-17-12-18-14-24(37)27(31(34)41)30(40)33(18,43)29(39)25(17)28(26)38/h15-27,29,31-32,35-37,39,41-43H,2-14,34H2,1H3/t15?,16?,17-,18+,19?,20?,21?,22?,23?,24?,25?,26?,27?,29?,31?,32?,33+/m1/s1. The highest BCUT2D eigenvalue weighted by molar-refractivity contribution is 5.94. The minimum Gasteiger partial charge on any atom is -0.392 e. The van der Waals surface area contributed by atoms with Crippen LogP contribution in [0, 0.1) is 53.3 Å². The molecule has 13 atom stereocenters. The highest BCUT2D eigenvalue weighted by Crippen LogP contribution is 2.57. The number of methoxy groups -OCH3 is 1. The molecule has 0 bridgehead atoms.